The van der Waals surface area contributed by atoms with E-state index in [-0.39, 0.29) is 42.6 Å². The maximum absolute atomic E-state index is 13.1. The van der Waals surface area contributed by atoms with Gasteiger partial charge in [0.25, 0.3) is 0 Å². The third-order valence-corrected chi connectivity index (χ3v) is 6.10. The van der Waals surface area contributed by atoms with Gasteiger partial charge in [0.1, 0.15) is 6.04 Å². The molecule has 4 amide bonds. The number of para-hydroxylation sites is 1. The minimum absolute atomic E-state index is 0.0756. The van der Waals surface area contributed by atoms with E-state index >= 15 is 0 Å². The van der Waals surface area contributed by atoms with Crippen LogP contribution in [0.25, 0.3) is 0 Å². The number of esters is 1. The van der Waals surface area contributed by atoms with Crippen LogP contribution in [0.15, 0.2) is 72.8 Å². The predicted molar refractivity (Wildman–Crippen MR) is 156 cm³/mol. The number of methoxy groups -OCH3 is 1. The molecule has 0 aliphatic heterocycles. The van der Waals surface area contributed by atoms with E-state index in [1.54, 1.807) is 48.5 Å². The van der Waals surface area contributed by atoms with Gasteiger partial charge in [-0.05, 0) is 66.3 Å². The lowest BCUT2D eigenvalue weighted by Crippen LogP contribution is -2.45. The topological polar surface area (TPSA) is 126 Å². The van der Waals surface area contributed by atoms with Crippen LogP contribution in [0.5, 0.6) is 0 Å². The molecule has 3 rings (SSSR count). The highest BCUT2D eigenvalue weighted by atomic mass is 16.5. The van der Waals surface area contributed by atoms with Crippen molar-refractivity contribution in [2.24, 2.45) is 5.92 Å². The number of anilines is 3. The summed E-state index contributed by atoms with van der Waals surface area (Å²) in [5.41, 5.74) is 4.24. The van der Waals surface area contributed by atoms with Crippen LogP contribution in [0.1, 0.15) is 37.0 Å². The molecule has 40 heavy (non-hydrogen) atoms. The zero-order valence-corrected chi connectivity index (χ0v) is 23.2. The maximum atomic E-state index is 13.1. The molecule has 0 spiro atoms. The van der Waals surface area contributed by atoms with Crippen LogP contribution in [-0.2, 0) is 32.0 Å². The fraction of sp³-hybridized carbons (Fsp3) is 0.290. The van der Waals surface area contributed by atoms with Gasteiger partial charge < -0.3 is 26.0 Å². The van der Waals surface area contributed by atoms with E-state index in [4.69, 9.17) is 4.74 Å². The second-order valence-electron chi connectivity index (χ2n) is 9.96. The fourth-order valence-corrected chi connectivity index (χ4v) is 4.06. The molecule has 3 aromatic rings. The summed E-state index contributed by atoms with van der Waals surface area (Å²) in [5, 5.41) is 11.3. The number of rotatable bonds is 11. The number of nitrogens with one attached hydrogen (secondary N) is 4. The van der Waals surface area contributed by atoms with Gasteiger partial charge in [-0.15, -0.1) is 0 Å². The molecule has 3 aromatic carbocycles. The first-order chi connectivity index (χ1) is 19.1. The Labute approximate surface area is 234 Å². The molecular weight excluding hydrogens is 508 g/mol. The molecular formula is C31H36N4O5. The molecule has 0 heterocycles. The first-order valence-electron chi connectivity index (χ1n) is 13.1. The fourth-order valence-electron chi connectivity index (χ4n) is 4.06. The molecule has 0 radical (unpaired) electrons. The van der Waals surface area contributed by atoms with Crippen LogP contribution in [0.3, 0.4) is 0 Å². The van der Waals surface area contributed by atoms with E-state index < -0.39 is 6.04 Å². The van der Waals surface area contributed by atoms with E-state index in [1.165, 1.54) is 7.11 Å². The van der Waals surface area contributed by atoms with Crippen molar-refractivity contribution in [1.29, 1.82) is 0 Å². The molecule has 0 saturated heterocycles. The first-order valence-corrected chi connectivity index (χ1v) is 13.1. The van der Waals surface area contributed by atoms with Crippen molar-refractivity contribution in [3.63, 3.8) is 0 Å². The minimum atomic E-state index is -0.733. The zero-order valence-electron chi connectivity index (χ0n) is 23.2. The van der Waals surface area contributed by atoms with Crippen molar-refractivity contribution in [2.45, 2.75) is 46.1 Å². The number of amides is 4. The van der Waals surface area contributed by atoms with Crippen molar-refractivity contribution in [3.8, 4) is 0 Å². The third-order valence-electron chi connectivity index (χ3n) is 6.10. The molecule has 0 aliphatic rings. The third kappa shape index (κ3) is 9.58. The van der Waals surface area contributed by atoms with Crippen LogP contribution in [0, 0.1) is 12.8 Å². The molecule has 0 unspecified atom stereocenters. The van der Waals surface area contributed by atoms with Gasteiger partial charge in [-0.3, -0.25) is 14.4 Å². The van der Waals surface area contributed by atoms with Gasteiger partial charge in [-0.1, -0.05) is 56.3 Å². The van der Waals surface area contributed by atoms with Crippen LogP contribution >= 0.6 is 0 Å². The summed E-state index contributed by atoms with van der Waals surface area (Å²) in [6.45, 7) is 5.87. The average molecular weight is 545 g/mol. The Bertz CT molecular complexity index is 1340. The molecule has 9 nitrogen and oxygen atoms in total. The molecule has 1 atom stereocenters. The summed E-state index contributed by atoms with van der Waals surface area (Å²) in [6, 6.07) is 20.3. The van der Waals surface area contributed by atoms with Crippen LogP contribution in [-0.4, -0.2) is 37.0 Å². The Kier molecular flexibility index (Phi) is 10.8. The summed E-state index contributed by atoms with van der Waals surface area (Å²) in [5.74, 6) is -0.838. The van der Waals surface area contributed by atoms with Gasteiger partial charge in [0.2, 0.25) is 11.8 Å². The van der Waals surface area contributed by atoms with Gasteiger partial charge in [-0.25, -0.2) is 4.79 Å². The largest absolute Gasteiger partial charge is 0.469 e. The highest BCUT2D eigenvalue weighted by Gasteiger charge is 2.22. The Morgan fingerprint density at radius 1 is 0.775 bits per heavy atom. The Morgan fingerprint density at radius 2 is 1.50 bits per heavy atom. The zero-order chi connectivity index (χ0) is 29.1. The molecule has 0 aromatic heterocycles. The number of urea groups is 1. The molecule has 0 aliphatic carbocycles. The van der Waals surface area contributed by atoms with Crippen molar-refractivity contribution < 1.29 is 23.9 Å². The molecule has 0 bridgehead atoms. The maximum Gasteiger partial charge on any atom is 0.323 e. The number of aryl methyl sites for hydroxylation is 1. The Morgan fingerprint density at radius 3 is 2.17 bits per heavy atom. The minimum Gasteiger partial charge on any atom is -0.469 e. The number of carbonyl (C=O) groups excluding carboxylic acids is 4. The molecule has 9 heteroatoms. The SMILES string of the molecule is COC(=O)Cc1cccc(NC(=O)[C@H](CC(C)C)NC(=O)Cc2ccc(NC(=O)Nc3ccccc3C)cc2)c1. The van der Waals surface area contributed by atoms with E-state index in [0.29, 0.717) is 23.4 Å². The van der Waals surface area contributed by atoms with Gasteiger partial charge >= 0.3 is 12.0 Å². The molecule has 0 saturated carbocycles. The Balaban J connectivity index is 1.56. The lowest BCUT2D eigenvalue weighted by Gasteiger charge is -2.20. The normalized spacial score (nSPS) is 11.3. The van der Waals surface area contributed by atoms with Gasteiger partial charge in [0, 0.05) is 17.1 Å². The summed E-state index contributed by atoms with van der Waals surface area (Å²) in [6.07, 6.45) is 0.627. The summed E-state index contributed by atoms with van der Waals surface area (Å²) >= 11 is 0. The van der Waals surface area contributed by atoms with Gasteiger partial charge in [0.15, 0.2) is 0 Å². The van der Waals surface area contributed by atoms with Crippen LogP contribution in [0.2, 0.25) is 0 Å². The lowest BCUT2D eigenvalue weighted by molar-refractivity contribution is -0.139. The molecule has 0 fully saturated rings. The predicted octanol–water partition coefficient (Wildman–Crippen LogP) is 5.07. The van der Waals surface area contributed by atoms with Crippen LogP contribution in [0.4, 0.5) is 21.9 Å². The second-order valence-corrected chi connectivity index (χ2v) is 9.96. The first kappa shape index (κ1) is 29.9. The molecule has 210 valence electrons. The van der Waals surface area contributed by atoms with E-state index in [2.05, 4.69) is 21.3 Å². The number of benzene rings is 3. The number of hydrogen-bond acceptors (Lipinski definition) is 5. The van der Waals surface area contributed by atoms with E-state index in [1.807, 2.05) is 45.0 Å². The number of hydrogen-bond donors (Lipinski definition) is 4. The summed E-state index contributed by atoms with van der Waals surface area (Å²) in [4.78, 5) is 49.8. The van der Waals surface area contributed by atoms with Crippen molar-refractivity contribution in [3.05, 3.63) is 89.5 Å². The monoisotopic (exact) mass is 544 g/mol. The molecule has 4 N–H and O–H groups in total. The second kappa shape index (κ2) is 14.5. The van der Waals surface area contributed by atoms with Crippen LogP contribution < -0.4 is 21.3 Å². The van der Waals surface area contributed by atoms with Gasteiger partial charge in [0.05, 0.1) is 20.0 Å². The van der Waals surface area contributed by atoms with Crippen molar-refractivity contribution in [1.82, 2.24) is 5.32 Å². The number of ether oxygens (including phenoxy) is 1. The smallest absolute Gasteiger partial charge is 0.323 e. The highest BCUT2D eigenvalue weighted by molar-refractivity contribution is 6.00. The standard InChI is InChI=1S/C31H36N4O5/c1-20(2)16-27(30(38)32-25-10-7-9-23(17-25)19-29(37)40-4)34-28(36)18-22-12-14-24(15-13-22)33-31(39)35-26-11-6-5-8-21(26)3/h5-15,17,20,27H,16,18-19H2,1-4H3,(H,32,38)(H,34,36)(H2,33,35,39)/t27-/m0/s1. The highest BCUT2D eigenvalue weighted by Crippen LogP contribution is 2.16. The quantitative estimate of drug-likeness (QED) is 0.251. The lowest BCUT2D eigenvalue weighted by atomic mass is 10.0. The van der Waals surface area contributed by atoms with Crippen molar-refractivity contribution in [2.75, 3.05) is 23.1 Å². The Hall–Kier alpha value is -4.66. The van der Waals surface area contributed by atoms with E-state index in [9.17, 15) is 19.2 Å². The summed E-state index contributed by atoms with van der Waals surface area (Å²) < 4.78 is 4.70. The van der Waals surface area contributed by atoms with Gasteiger partial charge in [-0.2, -0.15) is 0 Å². The van der Waals surface area contributed by atoms with Crippen molar-refractivity contribution >= 4 is 40.9 Å². The number of carbonyl (C=O) groups is 4. The average Bonchev–Trinajstić information content (AvgIpc) is 2.90. The van der Waals surface area contributed by atoms with E-state index in [0.717, 1.165) is 16.8 Å². The summed E-state index contributed by atoms with van der Waals surface area (Å²) in [7, 11) is 1.32.